The summed E-state index contributed by atoms with van der Waals surface area (Å²) >= 11 is 3.60. The van der Waals surface area contributed by atoms with Crippen molar-refractivity contribution in [2.24, 2.45) is 0 Å². The van der Waals surface area contributed by atoms with E-state index in [0.29, 0.717) is 5.69 Å². The van der Waals surface area contributed by atoms with E-state index in [-0.39, 0.29) is 12.4 Å². The highest BCUT2D eigenvalue weighted by Gasteiger charge is 2.10. The Kier molecular flexibility index (Phi) is 3.32. The van der Waals surface area contributed by atoms with Crippen LogP contribution in [-0.2, 0) is 6.61 Å². The molecule has 0 aliphatic heterocycles. The maximum absolute atomic E-state index is 12.7. The van der Waals surface area contributed by atoms with Crippen molar-refractivity contribution in [2.75, 3.05) is 0 Å². The number of aromatic nitrogens is 1. The number of halogens is 2. The summed E-state index contributed by atoms with van der Waals surface area (Å²) in [5.74, 6) is -0.261. The first-order valence-corrected chi connectivity index (χ1v) is 6.12. The van der Waals surface area contributed by atoms with Crippen LogP contribution in [0.25, 0.3) is 10.4 Å². The van der Waals surface area contributed by atoms with Crippen LogP contribution in [0, 0.1) is 8.83 Å². The lowest BCUT2D eigenvalue weighted by molar-refractivity contribution is 0.278. The third kappa shape index (κ3) is 2.35. The van der Waals surface area contributed by atoms with Gasteiger partial charge in [-0.05, 0) is 40.3 Å². The summed E-state index contributed by atoms with van der Waals surface area (Å²) in [6, 6.07) is 6.20. The molecule has 0 atom stereocenters. The van der Waals surface area contributed by atoms with Crippen LogP contribution in [0.2, 0.25) is 0 Å². The van der Waals surface area contributed by atoms with Gasteiger partial charge >= 0.3 is 0 Å². The van der Waals surface area contributed by atoms with Gasteiger partial charge in [0, 0.05) is 0 Å². The normalized spacial score (nSPS) is 10.6. The number of rotatable bonds is 2. The Morgan fingerprint density at radius 3 is 2.60 bits per heavy atom. The van der Waals surface area contributed by atoms with Crippen molar-refractivity contribution in [3.63, 3.8) is 0 Å². The van der Waals surface area contributed by atoms with Crippen LogP contribution >= 0.6 is 33.9 Å². The van der Waals surface area contributed by atoms with Gasteiger partial charge in [0.25, 0.3) is 0 Å². The number of nitrogens with zero attached hydrogens (tertiary/aromatic N) is 1. The first kappa shape index (κ1) is 11.0. The molecule has 15 heavy (non-hydrogen) atoms. The molecule has 5 heteroatoms. The van der Waals surface area contributed by atoms with Crippen LogP contribution in [0.4, 0.5) is 4.39 Å². The first-order valence-electron chi connectivity index (χ1n) is 4.22. The van der Waals surface area contributed by atoms with Crippen molar-refractivity contribution >= 4 is 33.9 Å². The number of hydrogen-bond donors (Lipinski definition) is 1. The summed E-state index contributed by atoms with van der Waals surface area (Å²) in [7, 11) is 0. The number of benzene rings is 1. The molecule has 0 saturated heterocycles. The molecule has 0 bridgehead atoms. The fraction of sp³-hybridized carbons (Fsp3) is 0.100. The van der Waals surface area contributed by atoms with Crippen LogP contribution in [0.5, 0.6) is 0 Å². The van der Waals surface area contributed by atoms with Crippen molar-refractivity contribution in [3.05, 3.63) is 38.8 Å². The molecule has 0 aliphatic carbocycles. The lowest BCUT2D eigenvalue weighted by atomic mass is 10.1. The zero-order valence-corrected chi connectivity index (χ0v) is 10.5. The van der Waals surface area contributed by atoms with E-state index >= 15 is 0 Å². The molecular weight excluding hydrogens is 328 g/mol. The highest BCUT2D eigenvalue weighted by Crippen LogP contribution is 2.31. The Hall–Kier alpha value is -0.530. The Balaban J connectivity index is 2.48. The number of hydrogen-bond acceptors (Lipinski definition) is 3. The van der Waals surface area contributed by atoms with E-state index in [1.54, 1.807) is 12.1 Å². The maximum Gasteiger partial charge on any atom is 0.154 e. The van der Waals surface area contributed by atoms with Crippen molar-refractivity contribution in [1.82, 2.24) is 4.98 Å². The molecule has 0 fully saturated rings. The SMILES string of the molecule is OCc1nc(I)sc1-c1ccc(F)cc1. The van der Waals surface area contributed by atoms with Crippen LogP contribution < -0.4 is 0 Å². The third-order valence-electron chi connectivity index (χ3n) is 1.93. The summed E-state index contributed by atoms with van der Waals surface area (Å²) in [5, 5.41) is 9.11. The summed E-state index contributed by atoms with van der Waals surface area (Å²) in [6.45, 7) is -0.0911. The van der Waals surface area contributed by atoms with Gasteiger partial charge in [0.2, 0.25) is 0 Å². The lowest BCUT2D eigenvalue weighted by Gasteiger charge is -1.99. The minimum atomic E-state index is -0.261. The summed E-state index contributed by atoms with van der Waals surface area (Å²) < 4.78 is 13.6. The summed E-state index contributed by atoms with van der Waals surface area (Å²) in [5.41, 5.74) is 1.54. The molecule has 2 nitrogen and oxygen atoms in total. The molecule has 1 aromatic heterocycles. The Labute approximate surface area is 104 Å². The second kappa shape index (κ2) is 4.54. The van der Waals surface area contributed by atoms with Crippen molar-refractivity contribution in [2.45, 2.75) is 6.61 Å². The van der Waals surface area contributed by atoms with Gasteiger partial charge in [-0.1, -0.05) is 12.1 Å². The fourth-order valence-corrected chi connectivity index (χ4v) is 3.01. The second-order valence-corrected chi connectivity index (χ2v) is 5.66. The Bertz CT molecular complexity index is 469. The van der Waals surface area contributed by atoms with E-state index in [2.05, 4.69) is 27.6 Å². The van der Waals surface area contributed by atoms with Gasteiger partial charge in [-0.2, -0.15) is 0 Å². The van der Waals surface area contributed by atoms with Gasteiger partial charge in [-0.25, -0.2) is 9.37 Å². The Morgan fingerprint density at radius 2 is 2.00 bits per heavy atom. The van der Waals surface area contributed by atoms with Crippen molar-refractivity contribution in [3.8, 4) is 10.4 Å². The van der Waals surface area contributed by atoms with Crippen molar-refractivity contribution < 1.29 is 9.50 Å². The van der Waals surface area contributed by atoms with Gasteiger partial charge in [0.05, 0.1) is 17.2 Å². The van der Waals surface area contributed by atoms with E-state index in [4.69, 9.17) is 5.11 Å². The minimum Gasteiger partial charge on any atom is -0.390 e. The lowest BCUT2D eigenvalue weighted by Crippen LogP contribution is -1.86. The zero-order valence-electron chi connectivity index (χ0n) is 7.58. The standard InChI is InChI=1S/C10H7FINOS/c11-7-3-1-6(2-4-7)9-8(5-14)13-10(12)15-9/h1-4,14H,5H2. The average molecular weight is 335 g/mol. The first-order chi connectivity index (χ1) is 7.20. The van der Waals surface area contributed by atoms with Crippen molar-refractivity contribution in [1.29, 1.82) is 0 Å². The molecule has 0 aliphatic rings. The molecule has 1 N–H and O–H groups in total. The predicted octanol–water partition coefficient (Wildman–Crippen LogP) is 3.05. The van der Waals surface area contributed by atoms with E-state index < -0.39 is 0 Å². The zero-order chi connectivity index (χ0) is 10.8. The molecule has 2 rings (SSSR count). The van der Waals surface area contributed by atoms with Gasteiger partial charge in [0.1, 0.15) is 5.82 Å². The van der Waals surface area contributed by atoms with Gasteiger partial charge in [-0.15, -0.1) is 11.3 Å². The van der Waals surface area contributed by atoms with E-state index in [1.165, 1.54) is 23.5 Å². The van der Waals surface area contributed by atoms with Crippen LogP contribution in [0.1, 0.15) is 5.69 Å². The second-order valence-electron chi connectivity index (χ2n) is 2.91. The molecule has 1 aromatic carbocycles. The topological polar surface area (TPSA) is 33.1 Å². The van der Waals surface area contributed by atoms with E-state index in [1.807, 2.05) is 0 Å². The smallest absolute Gasteiger partial charge is 0.154 e. The molecule has 0 saturated carbocycles. The summed E-state index contributed by atoms with van der Waals surface area (Å²) in [6.07, 6.45) is 0. The molecule has 0 radical (unpaired) electrons. The minimum absolute atomic E-state index is 0.0911. The van der Waals surface area contributed by atoms with Crippen LogP contribution in [-0.4, -0.2) is 10.1 Å². The highest BCUT2D eigenvalue weighted by molar-refractivity contribution is 14.1. The monoisotopic (exact) mass is 335 g/mol. The number of aliphatic hydroxyl groups is 1. The largest absolute Gasteiger partial charge is 0.390 e. The van der Waals surface area contributed by atoms with Gasteiger partial charge < -0.3 is 5.11 Å². The van der Waals surface area contributed by atoms with Crippen LogP contribution in [0.3, 0.4) is 0 Å². The van der Waals surface area contributed by atoms with E-state index in [9.17, 15) is 4.39 Å². The molecule has 0 spiro atoms. The number of aliphatic hydroxyl groups excluding tert-OH is 1. The average Bonchev–Trinajstić information content (AvgIpc) is 2.61. The molecule has 0 amide bonds. The van der Waals surface area contributed by atoms with E-state index in [0.717, 1.165) is 13.5 Å². The van der Waals surface area contributed by atoms with Gasteiger partial charge in [-0.3, -0.25) is 0 Å². The predicted molar refractivity (Wildman–Crippen MR) is 66.1 cm³/mol. The third-order valence-corrected chi connectivity index (χ3v) is 3.76. The molecule has 0 unspecified atom stereocenters. The molecular formula is C10H7FINOS. The Morgan fingerprint density at radius 1 is 1.33 bits per heavy atom. The van der Waals surface area contributed by atoms with Gasteiger partial charge in [0.15, 0.2) is 3.01 Å². The molecule has 2 aromatic rings. The maximum atomic E-state index is 12.7. The van der Waals surface area contributed by atoms with Crippen LogP contribution in [0.15, 0.2) is 24.3 Å². The highest BCUT2D eigenvalue weighted by atomic mass is 127. The fourth-order valence-electron chi connectivity index (χ4n) is 1.26. The quantitative estimate of drug-likeness (QED) is 0.856. The molecule has 1 heterocycles. The summed E-state index contributed by atoms with van der Waals surface area (Å²) in [4.78, 5) is 5.09. The molecule has 78 valence electrons. The number of thiazole rings is 1.